The summed E-state index contributed by atoms with van der Waals surface area (Å²) in [5, 5.41) is 6.86. The Kier molecular flexibility index (Phi) is 4.03. The number of H-pyrrole nitrogens is 1. The van der Waals surface area contributed by atoms with Crippen LogP contribution in [0, 0.1) is 0 Å². The standard InChI is InChI=1S/C11H13N5O2S/c1-16-10(18)14-15-11(16)19-6-7-3-2-4-8(5-7)9(17)13-12/h2-5H,6,12H2,1H3,(H,13,17)(H,14,18). The molecule has 0 atom stereocenters. The third kappa shape index (κ3) is 3.04. The quantitative estimate of drug-likeness (QED) is 0.316. The van der Waals surface area contributed by atoms with E-state index in [2.05, 4.69) is 15.6 Å². The van der Waals surface area contributed by atoms with Crippen LogP contribution in [0.3, 0.4) is 0 Å². The molecule has 0 saturated carbocycles. The van der Waals surface area contributed by atoms with E-state index in [9.17, 15) is 9.59 Å². The molecule has 2 aromatic rings. The smallest absolute Gasteiger partial charge is 0.290 e. The predicted molar refractivity (Wildman–Crippen MR) is 71.5 cm³/mol. The van der Waals surface area contributed by atoms with Gasteiger partial charge in [0.1, 0.15) is 0 Å². The molecule has 1 aromatic carbocycles. The number of nitrogen functional groups attached to an aromatic ring is 1. The summed E-state index contributed by atoms with van der Waals surface area (Å²) >= 11 is 1.41. The molecular weight excluding hydrogens is 266 g/mol. The Morgan fingerprint density at radius 3 is 3.00 bits per heavy atom. The Bertz CT molecular complexity index is 649. The minimum absolute atomic E-state index is 0.251. The van der Waals surface area contributed by atoms with Crippen LogP contribution in [0.5, 0.6) is 0 Å². The zero-order valence-corrected chi connectivity index (χ0v) is 11.0. The minimum atomic E-state index is -0.334. The maximum Gasteiger partial charge on any atom is 0.343 e. The number of aromatic amines is 1. The lowest BCUT2D eigenvalue weighted by Crippen LogP contribution is -2.29. The van der Waals surface area contributed by atoms with Gasteiger partial charge in [0.25, 0.3) is 5.91 Å². The van der Waals surface area contributed by atoms with Crippen LogP contribution in [0.2, 0.25) is 0 Å². The van der Waals surface area contributed by atoms with E-state index in [0.717, 1.165) is 5.56 Å². The van der Waals surface area contributed by atoms with E-state index in [0.29, 0.717) is 16.5 Å². The van der Waals surface area contributed by atoms with E-state index >= 15 is 0 Å². The predicted octanol–water partition coefficient (Wildman–Crippen LogP) is 0.00420. The van der Waals surface area contributed by atoms with Crippen LogP contribution in [0.15, 0.2) is 34.2 Å². The highest BCUT2D eigenvalue weighted by molar-refractivity contribution is 7.98. The molecule has 1 amide bonds. The van der Waals surface area contributed by atoms with Gasteiger partial charge in [-0.05, 0) is 17.7 Å². The lowest BCUT2D eigenvalue weighted by Gasteiger charge is -2.04. The molecule has 7 nitrogen and oxygen atoms in total. The van der Waals surface area contributed by atoms with Gasteiger partial charge in [0.05, 0.1) is 0 Å². The molecule has 19 heavy (non-hydrogen) atoms. The normalized spacial score (nSPS) is 10.4. The lowest BCUT2D eigenvalue weighted by atomic mass is 10.1. The van der Waals surface area contributed by atoms with Crippen LogP contribution in [-0.4, -0.2) is 20.7 Å². The first kappa shape index (κ1) is 13.4. The molecule has 8 heteroatoms. The highest BCUT2D eigenvalue weighted by atomic mass is 32.2. The van der Waals surface area contributed by atoms with Gasteiger partial charge in [-0.15, -0.1) is 5.10 Å². The zero-order chi connectivity index (χ0) is 13.8. The van der Waals surface area contributed by atoms with E-state index in [1.165, 1.54) is 16.3 Å². The van der Waals surface area contributed by atoms with Gasteiger partial charge in [-0.3, -0.25) is 14.8 Å². The van der Waals surface area contributed by atoms with E-state index in [1.54, 1.807) is 25.2 Å². The van der Waals surface area contributed by atoms with E-state index < -0.39 is 0 Å². The monoisotopic (exact) mass is 279 g/mol. The van der Waals surface area contributed by atoms with Crippen molar-refractivity contribution in [3.8, 4) is 0 Å². The van der Waals surface area contributed by atoms with Gasteiger partial charge in [-0.2, -0.15) is 0 Å². The van der Waals surface area contributed by atoms with Crippen molar-refractivity contribution in [2.24, 2.45) is 12.9 Å². The molecule has 0 unspecified atom stereocenters. The molecule has 0 spiro atoms. The Morgan fingerprint density at radius 1 is 1.58 bits per heavy atom. The molecule has 0 aliphatic carbocycles. The van der Waals surface area contributed by atoms with Crippen LogP contribution in [-0.2, 0) is 12.8 Å². The third-order valence-electron chi connectivity index (χ3n) is 2.53. The molecule has 0 radical (unpaired) electrons. The van der Waals surface area contributed by atoms with Crippen LogP contribution < -0.4 is 17.0 Å². The number of hydrogen-bond acceptors (Lipinski definition) is 5. The van der Waals surface area contributed by atoms with Gasteiger partial charge in [0.15, 0.2) is 5.16 Å². The van der Waals surface area contributed by atoms with E-state index in [-0.39, 0.29) is 11.6 Å². The number of hydrogen-bond donors (Lipinski definition) is 3. The van der Waals surface area contributed by atoms with E-state index in [4.69, 9.17) is 5.84 Å². The average molecular weight is 279 g/mol. The molecule has 2 rings (SSSR count). The van der Waals surface area contributed by atoms with Gasteiger partial charge < -0.3 is 0 Å². The maximum absolute atomic E-state index is 11.4. The van der Waals surface area contributed by atoms with Crippen molar-refractivity contribution in [3.63, 3.8) is 0 Å². The maximum atomic E-state index is 11.4. The first-order valence-corrected chi connectivity index (χ1v) is 6.44. The summed E-state index contributed by atoms with van der Waals surface area (Å²) < 4.78 is 1.43. The minimum Gasteiger partial charge on any atom is -0.290 e. The van der Waals surface area contributed by atoms with Gasteiger partial charge in [-0.25, -0.2) is 15.7 Å². The van der Waals surface area contributed by atoms with E-state index in [1.807, 2.05) is 6.07 Å². The van der Waals surface area contributed by atoms with Crippen molar-refractivity contribution in [3.05, 3.63) is 45.9 Å². The lowest BCUT2D eigenvalue weighted by molar-refractivity contribution is 0.0953. The number of amides is 1. The van der Waals surface area contributed by atoms with Gasteiger partial charge in [-0.1, -0.05) is 23.9 Å². The molecule has 4 N–H and O–H groups in total. The highest BCUT2D eigenvalue weighted by Crippen LogP contribution is 2.19. The highest BCUT2D eigenvalue weighted by Gasteiger charge is 2.07. The first-order valence-electron chi connectivity index (χ1n) is 5.46. The third-order valence-corrected chi connectivity index (χ3v) is 3.63. The Balaban J connectivity index is 2.10. The van der Waals surface area contributed by atoms with Gasteiger partial charge >= 0.3 is 5.69 Å². The van der Waals surface area contributed by atoms with Crippen molar-refractivity contribution in [1.29, 1.82) is 0 Å². The van der Waals surface area contributed by atoms with Crippen molar-refractivity contribution < 1.29 is 4.79 Å². The number of aromatic nitrogens is 3. The summed E-state index contributed by atoms with van der Waals surface area (Å²) in [6.07, 6.45) is 0. The van der Waals surface area contributed by atoms with Crippen LogP contribution in [0.4, 0.5) is 0 Å². The molecule has 1 heterocycles. The number of nitrogens with two attached hydrogens (primary N) is 1. The van der Waals surface area contributed by atoms with Crippen molar-refractivity contribution >= 4 is 17.7 Å². The summed E-state index contributed by atoms with van der Waals surface area (Å²) in [6.45, 7) is 0. The fourth-order valence-electron chi connectivity index (χ4n) is 1.50. The first-order chi connectivity index (χ1) is 9.11. The number of nitrogens with one attached hydrogen (secondary N) is 2. The van der Waals surface area contributed by atoms with Crippen LogP contribution in [0.1, 0.15) is 15.9 Å². The summed E-state index contributed by atoms with van der Waals surface area (Å²) in [4.78, 5) is 22.6. The van der Waals surface area contributed by atoms with Crippen LogP contribution >= 0.6 is 11.8 Å². The Hall–Kier alpha value is -2.06. The molecule has 100 valence electrons. The van der Waals surface area contributed by atoms with Crippen LogP contribution in [0.25, 0.3) is 0 Å². The number of rotatable bonds is 4. The second-order valence-electron chi connectivity index (χ2n) is 3.83. The molecule has 0 aliphatic heterocycles. The second-order valence-corrected chi connectivity index (χ2v) is 4.78. The topological polar surface area (TPSA) is 106 Å². The number of benzene rings is 1. The zero-order valence-electron chi connectivity index (χ0n) is 10.2. The van der Waals surface area contributed by atoms with Crippen molar-refractivity contribution in [1.82, 2.24) is 20.2 Å². The molecule has 0 aliphatic rings. The fraction of sp³-hybridized carbons (Fsp3) is 0.182. The van der Waals surface area contributed by atoms with Crippen molar-refractivity contribution in [2.45, 2.75) is 10.9 Å². The SMILES string of the molecule is Cn1c(SCc2cccc(C(=O)NN)c2)n[nH]c1=O. The number of nitrogens with zero attached hydrogens (tertiary/aromatic N) is 2. The average Bonchev–Trinajstić information content (AvgIpc) is 2.76. The Labute approximate surface area is 113 Å². The summed E-state index contributed by atoms with van der Waals surface area (Å²) in [5.74, 6) is 5.35. The molecular formula is C11H13N5O2S. The number of carbonyl (C=O) groups excluding carboxylic acids is 1. The number of hydrazine groups is 1. The number of thioether (sulfide) groups is 1. The molecule has 0 bridgehead atoms. The van der Waals surface area contributed by atoms with Gasteiger partial charge in [0, 0.05) is 18.4 Å². The summed E-state index contributed by atoms with van der Waals surface area (Å²) in [7, 11) is 1.65. The molecule has 1 aromatic heterocycles. The molecule has 0 saturated heterocycles. The second kappa shape index (κ2) is 5.72. The molecule has 0 fully saturated rings. The summed E-state index contributed by atoms with van der Waals surface area (Å²) in [5.41, 5.74) is 3.28. The number of carbonyl (C=O) groups is 1. The van der Waals surface area contributed by atoms with Gasteiger partial charge in [0.2, 0.25) is 0 Å². The largest absolute Gasteiger partial charge is 0.343 e. The fourth-order valence-corrected chi connectivity index (χ4v) is 2.36. The summed E-state index contributed by atoms with van der Waals surface area (Å²) in [6, 6.07) is 7.11. The van der Waals surface area contributed by atoms with Crippen molar-refractivity contribution in [2.75, 3.05) is 0 Å². The Morgan fingerprint density at radius 2 is 2.37 bits per heavy atom.